The van der Waals surface area contributed by atoms with Crippen molar-refractivity contribution in [2.75, 3.05) is 5.32 Å². The molecule has 2 heterocycles. The Labute approximate surface area is 107 Å². The average molecular weight is 265 g/mol. The van der Waals surface area contributed by atoms with Gasteiger partial charge in [-0.15, -0.1) is 5.10 Å². The summed E-state index contributed by atoms with van der Waals surface area (Å²) >= 11 is 0. The lowest BCUT2D eigenvalue weighted by Gasteiger charge is -2.08. The van der Waals surface area contributed by atoms with Gasteiger partial charge in [-0.1, -0.05) is 5.16 Å². The normalized spacial score (nSPS) is 17.6. The summed E-state index contributed by atoms with van der Waals surface area (Å²) in [4.78, 5) is 31.2. The second-order valence-electron chi connectivity index (χ2n) is 3.94. The van der Waals surface area contributed by atoms with Crippen LogP contribution in [0.1, 0.15) is 17.8 Å². The third-order valence-corrected chi connectivity index (χ3v) is 2.54. The number of anilines is 1. The molecular formula is C10H11N5O4. The Morgan fingerprint density at radius 3 is 2.63 bits per heavy atom. The molecule has 1 aliphatic rings. The molecule has 9 nitrogen and oxygen atoms in total. The molecule has 0 aliphatic carbocycles. The Morgan fingerprint density at radius 2 is 2.05 bits per heavy atom. The predicted molar refractivity (Wildman–Crippen MR) is 62.5 cm³/mol. The molecule has 2 N–H and O–H groups in total. The van der Waals surface area contributed by atoms with Crippen LogP contribution in [-0.4, -0.2) is 44.0 Å². The monoisotopic (exact) mass is 265 g/mol. The van der Waals surface area contributed by atoms with Gasteiger partial charge in [0, 0.05) is 6.42 Å². The van der Waals surface area contributed by atoms with E-state index in [4.69, 9.17) is 9.94 Å². The van der Waals surface area contributed by atoms with Gasteiger partial charge in [0.2, 0.25) is 12.1 Å². The molecule has 1 aromatic heterocycles. The number of aromatic nitrogens is 3. The molecule has 1 amide bonds. The quantitative estimate of drug-likeness (QED) is 0.765. The third-order valence-electron chi connectivity index (χ3n) is 2.54. The second-order valence-corrected chi connectivity index (χ2v) is 3.94. The minimum atomic E-state index is -1.21. The molecular weight excluding hydrogens is 254 g/mol. The lowest BCUT2D eigenvalue weighted by molar-refractivity contribution is -0.129. The van der Waals surface area contributed by atoms with Crippen molar-refractivity contribution in [2.45, 2.75) is 26.4 Å². The van der Waals surface area contributed by atoms with Crippen LogP contribution in [0.25, 0.3) is 0 Å². The van der Waals surface area contributed by atoms with Gasteiger partial charge in [-0.05, 0) is 13.8 Å². The van der Waals surface area contributed by atoms with E-state index in [1.54, 1.807) is 13.8 Å². The Kier molecular flexibility index (Phi) is 3.36. The number of oxime groups is 1. The first-order valence-electron chi connectivity index (χ1n) is 5.42. The zero-order chi connectivity index (χ0) is 14.0. The molecule has 100 valence electrons. The highest BCUT2D eigenvalue weighted by molar-refractivity contribution is 6.36. The van der Waals surface area contributed by atoms with Crippen molar-refractivity contribution in [3.8, 4) is 0 Å². The Balaban J connectivity index is 1.99. The molecule has 19 heavy (non-hydrogen) atoms. The zero-order valence-corrected chi connectivity index (χ0v) is 10.2. The van der Waals surface area contributed by atoms with Gasteiger partial charge in [-0.25, -0.2) is 9.78 Å². The van der Waals surface area contributed by atoms with Gasteiger partial charge in [0.25, 0.3) is 5.91 Å². The number of carboxylic acids is 1. The molecule has 0 aromatic carbocycles. The molecule has 0 spiro atoms. The number of carbonyl (C=O) groups is 2. The lowest BCUT2D eigenvalue weighted by Crippen LogP contribution is -2.30. The van der Waals surface area contributed by atoms with Crippen LogP contribution in [0.5, 0.6) is 0 Å². The van der Waals surface area contributed by atoms with Crippen molar-refractivity contribution in [3.63, 3.8) is 0 Å². The summed E-state index contributed by atoms with van der Waals surface area (Å²) in [5.41, 5.74) is 1.10. The maximum atomic E-state index is 11.8. The molecule has 0 saturated carbocycles. The maximum Gasteiger partial charge on any atom is 0.353 e. The number of aliphatic carboxylic acids is 1. The smallest absolute Gasteiger partial charge is 0.353 e. The van der Waals surface area contributed by atoms with E-state index >= 15 is 0 Å². The van der Waals surface area contributed by atoms with Gasteiger partial charge in [0.05, 0.1) is 11.4 Å². The number of rotatable bonds is 3. The van der Waals surface area contributed by atoms with Crippen molar-refractivity contribution < 1.29 is 19.5 Å². The fourth-order valence-corrected chi connectivity index (χ4v) is 1.34. The Morgan fingerprint density at radius 1 is 1.32 bits per heavy atom. The van der Waals surface area contributed by atoms with Crippen LogP contribution in [0.2, 0.25) is 0 Å². The van der Waals surface area contributed by atoms with Crippen LogP contribution in [-0.2, 0) is 14.4 Å². The summed E-state index contributed by atoms with van der Waals surface area (Å²) < 4.78 is 0. The summed E-state index contributed by atoms with van der Waals surface area (Å²) in [7, 11) is 0. The topological polar surface area (TPSA) is 127 Å². The molecule has 1 unspecified atom stereocenters. The molecule has 0 saturated heterocycles. The van der Waals surface area contributed by atoms with E-state index in [1.165, 1.54) is 0 Å². The van der Waals surface area contributed by atoms with Gasteiger partial charge >= 0.3 is 5.97 Å². The molecule has 2 rings (SSSR count). The van der Waals surface area contributed by atoms with Crippen LogP contribution in [0.4, 0.5) is 5.95 Å². The number of aryl methyl sites for hydroxylation is 2. The van der Waals surface area contributed by atoms with Crippen LogP contribution >= 0.6 is 0 Å². The highest BCUT2D eigenvalue weighted by atomic mass is 16.6. The first-order chi connectivity index (χ1) is 8.97. The van der Waals surface area contributed by atoms with Crippen molar-refractivity contribution in [1.29, 1.82) is 0 Å². The van der Waals surface area contributed by atoms with Crippen LogP contribution in [0, 0.1) is 13.8 Å². The van der Waals surface area contributed by atoms with Crippen molar-refractivity contribution in [2.24, 2.45) is 5.16 Å². The first-order valence-corrected chi connectivity index (χ1v) is 5.42. The number of carboxylic acid groups (broad SMARTS) is 1. The van der Waals surface area contributed by atoms with Crippen LogP contribution < -0.4 is 5.32 Å². The van der Waals surface area contributed by atoms with Gasteiger partial charge in [-0.3, -0.25) is 10.1 Å². The number of hydrogen-bond donors (Lipinski definition) is 2. The Bertz CT molecular complexity index is 571. The van der Waals surface area contributed by atoms with E-state index in [0.29, 0.717) is 11.4 Å². The minimum Gasteiger partial charge on any atom is -0.477 e. The van der Waals surface area contributed by atoms with Crippen molar-refractivity contribution in [3.05, 3.63) is 11.4 Å². The zero-order valence-electron chi connectivity index (χ0n) is 10.2. The standard InChI is InChI=1S/C10H11N5O4/c1-4-5(2)13-14-10(11-4)12-8(16)7-3-6(9(17)18)15-19-7/h7H,3H2,1-2H3,(H,17,18)(H,11,12,14,16). The van der Waals surface area contributed by atoms with E-state index in [1.807, 2.05) is 0 Å². The molecule has 0 radical (unpaired) electrons. The predicted octanol–water partition coefficient (Wildman–Crippen LogP) is -0.344. The van der Waals surface area contributed by atoms with E-state index in [-0.39, 0.29) is 18.1 Å². The third kappa shape index (κ3) is 2.81. The van der Waals surface area contributed by atoms with Gasteiger partial charge in [0.15, 0.2) is 5.71 Å². The molecule has 1 aromatic rings. The molecule has 0 fully saturated rings. The van der Waals surface area contributed by atoms with Crippen LogP contribution in [0.3, 0.4) is 0 Å². The highest BCUT2D eigenvalue weighted by Crippen LogP contribution is 2.12. The highest BCUT2D eigenvalue weighted by Gasteiger charge is 2.32. The second kappa shape index (κ2) is 4.96. The number of nitrogens with one attached hydrogen (secondary N) is 1. The fourth-order valence-electron chi connectivity index (χ4n) is 1.34. The van der Waals surface area contributed by atoms with Gasteiger partial charge in [-0.2, -0.15) is 5.10 Å². The Hall–Kier alpha value is -2.58. The van der Waals surface area contributed by atoms with Gasteiger partial charge < -0.3 is 9.94 Å². The first kappa shape index (κ1) is 12.9. The number of amides is 1. The van der Waals surface area contributed by atoms with E-state index in [0.717, 1.165) is 0 Å². The maximum absolute atomic E-state index is 11.8. The minimum absolute atomic E-state index is 0.0421. The summed E-state index contributed by atoms with van der Waals surface area (Å²) in [5.74, 6) is -1.73. The van der Waals surface area contributed by atoms with Crippen LogP contribution in [0.15, 0.2) is 5.16 Å². The number of nitrogens with zero attached hydrogens (tertiary/aromatic N) is 4. The number of hydrogen-bond acceptors (Lipinski definition) is 7. The van der Waals surface area contributed by atoms with E-state index < -0.39 is 18.0 Å². The molecule has 9 heteroatoms. The van der Waals surface area contributed by atoms with E-state index in [2.05, 4.69) is 25.7 Å². The van der Waals surface area contributed by atoms with E-state index in [9.17, 15) is 9.59 Å². The summed E-state index contributed by atoms with van der Waals surface area (Å²) in [6, 6.07) is 0. The summed E-state index contributed by atoms with van der Waals surface area (Å²) in [6.45, 7) is 3.48. The molecule has 1 aliphatic heterocycles. The molecule has 1 atom stereocenters. The van der Waals surface area contributed by atoms with Crippen molar-refractivity contribution in [1.82, 2.24) is 15.2 Å². The number of carbonyl (C=O) groups excluding carboxylic acids is 1. The summed E-state index contributed by atoms with van der Waals surface area (Å²) in [6.07, 6.45) is -1.09. The average Bonchev–Trinajstić information content (AvgIpc) is 2.83. The fraction of sp³-hybridized carbons (Fsp3) is 0.400. The molecule has 0 bridgehead atoms. The lowest BCUT2D eigenvalue weighted by atomic mass is 10.2. The largest absolute Gasteiger partial charge is 0.477 e. The van der Waals surface area contributed by atoms with Gasteiger partial charge in [0.1, 0.15) is 0 Å². The summed E-state index contributed by atoms with van der Waals surface area (Å²) in [5, 5.41) is 21.9. The SMILES string of the molecule is Cc1nnc(NC(=O)C2CC(C(=O)O)=NO2)nc1C. The van der Waals surface area contributed by atoms with Crippen molar-refractivity contribution >= 4 is 23.5 Å².